The number of nitrogens with zero attached hydrogens (tertiary/aromatic N) is 1. The summed E-state index contributed by atoms with van der Waals surface area (Å²) in [4.78, 5) is 2.41. The van der Waals surface area contributed by atoms with Crippen molar-refractivity contribution in [3.05, 3.63) is 35.6 Å². The topological polar surface area (TPSA) is 29.3 Å². The highest BCUT2D eigenvalue weighted by atomic mass is 19.1. The van der Waals surface area contributed by atoms with Gasteiger partial charge >= 0.3 is 0 Å². The molecule has 0 spiro atoms. The van der Waals surface area contributed by atoms with Gasteiger partial charge in [0, 0.05) is 19.1 Å². The number of nitrogens with two attached hydrogens (primary N) is 1. The lowest BCUT2D eigenvalue weighted by Gasteiger charge is -2.35. The van der Waals surface area contributed by atoms with E-state index in [0.29, 0.717) is 6.04 Å². The number of hydrogen-bond donors (Lipinski definition) is 1. The Morgan fingerprint density at radius 2 is 2.00 bits per heavy atom. The lowest BCUT2D eigenvalue weighted by atomic mass is 10.0. The fraction of sp³-hybridized carbons (Fsp3) is 0.538. The van der Waals surface area contributed by atoms with Crippen LogP contribution in [0.4, 0.5) is 4.39 Å². The number of hydrogen-bond acceptors (Lipinski definition) is 2. The Balaban J connectivity index is 1.99. The fourth-order valence-electron chi connectivity index (χ4n) is 2.36. The van der Waals surface area contributed by atoms with Gasteiger partial charge in [-0.3, -0.25) is 4.90 Å². The summed E-state index contributed by atoms with van der Waals surface area (Å²) < 4.78 is 12.8. The van der Waals surface area contributed by atoms with Crippen molar-refractivity contribution in [2.24, 2.45) is 5.73 Å². The molecule has 1 saturated heterocycles. The van der Waals surface area contributed by atoms with Crippen LogP contribution < -0.4 is 5.73 Å². The van der Waals surface area contributed by atoms with E-state index in [4.69, 9.17) is 5.73 Å². The Hall–Kier alpha value is -0.930. The summed E-state index contributed by atoms with van der Waals surface area (Å²) in [7, 11) is 0. The maximum Gasteiger partial charge on any atom is 0.123 e. The maximum absolute atomic E-state index is 12.8. The third kappa shape index (κ3) is 2.80. The molecule has 2 N–H and O–H groups in total. The molecule has 0 aromatic heterocycles. The zero-order valence-corrected chi connectivity index (χ0v) is 9.53. The number of rotatable bonds is 3. The Kier molecular flexibility index (Phi) is 3.91. The van der Waals surface area contributed by atoms with E-state index in [0.717, 1.165) is 19.6 Å². The number of piperidine rings is 1. The molecule has 1 unspecified atom stereocenters. The van der Waals surface area contributed by atoms with Crippen LogP contribution >= 0.6 is 0 Å². The van der Waals surface area contributed by atoms with Crippen molar-refractivity contribution in [2.75, 3.05) is 13.1 Å². The molecule has 0 radical (unpaired) electrons. The van der Waals surface area contributed by atoms with E-state index in [2.05, 4.69) is 4.90 Å². The first-order chi connectivity index (χ1) is 7.79. The van der Waals surface area contributed by atoms with Crippen LogP contribution in [-0.2, 0) is 6.54 Å². The third-order valence-corrected chi connectivity index (χ3v) is 3.32. The monoisotopic (exact) mass is 222 g/mol. The maximum atomic E-state index is 12.8. The molecule has 1 aromatic carbocycles. The van der Waals surface area contributed by atoms with Gasteiger partial charge in [-0.25, -0.2) is 4.39 Å². The van der Waals surface area contributed by atoms with Gasteiger partial charge in [0.05, 0.1) is 0 Å². The molecule has 0 amide bonds. The first kappa shape index (κ1) is 11.6. The molecule has 0 bridgehead atoms. The van der Waals surface area contributed by atoms with E-state index < -0.39 is 0 Å². The van der Waals surface area contributed by atoms with Gasteiger partial charge in [-0.2, -0.15) is 0 Å². The van der Waals surface area contributed by atoms with Gasteiger partial charge in [-0.05, 0) is 37.1 Å². The summed E-state index contributed by atoms with van der Waals surface area (Å²) in [6, 6.07) is 7.27. The highest BCUT2D eigenvalue weighted by Crippen LogP contribution is 2.18. The Morgan fingerprint density at radius 1 is 1.25 bits per heavy atom. The van der Waals surface area contributed by atoms with Crippen LogP contribution in [0.5, 0.6) is 0 Å². The summed E-state index contributed by atoms with van der Waals surface area (Å²) in [5.41, 5.74) is 6.94. The van der Waals surface area contributed by atoms with E-state index in [1.807, 2.05) is 12.1 Å². The Bertz CT molecular complexity index is 323. The minimum absolute atomic E-state index is 0.169. The minimum Gasteiger partial charge on any atom is -0.329 e. The highest BCUT2D eigenvalue weighted by Gasteiger charge is 2.20. The second-order valence-electron chi connectivity index (χ2n) is 4.48. The van der Waals surface area contributed by atoms with Crippen molar-refractivity contribution in [1.29, 1.82) is 0 Å². The first-order valence-corrected chi connectivity index (χ1v) is 5.98. The molecule has 1 aromatic rings. The molecular weight excluding hydrogens is 203 g/mol. The molecule has 2 rings (SSSR count). The Labute approximate surface area is 96.2 Å². The number of likely N-dealkylation sites (tertiary alicyclic amines) is 1. The standard InChI is InChI=1S/C13H19FN2/c14-12-6-4-11(5-7-12)10-16-8-2-1-3-13(16)9-15/h4-7,13H,1-3,8-10,15H2. The summed E-state index contributed by atoms with van der Waals surface area (Å²) in [5, 5.41) is 0. The van der Waals surface area contributed by atoms with Crippen LogP contribution in [0.2, 0.25) is 0 Å². The molecule has 1 aliphatic heterocycles. The van der Waals surface area contributed by atoms with Gasteiger partial charge < -0.3 is 5.73 Å². The van der Waals surface area contributed by atoms with Crippen molar-refractivity contribution in [3.63, 3.8) is 0 Å². The predicted octanol–water partition coefficient (Wildman–Crippen LogP) is 2.14. The van der Waals surface area contributed by atoms with Gasteiger partial charge in [-0.15, -0.1) is 0 Å². The normalized spacial score (nSPS) is 22.2. The molecule has 1 fully saturated rings. The SMILES string of the molecule is NCC1CCCCN1Cc1ccc(F)cc1. The van der Waals surface area contributed by atoms with Gasteiger partial charge in [-0.1, -0.05) is 18.6 Å². The molecule has 3 heteroatoms. The first-order valence-electron chi connectivity index (χ1n) is 5.98. The van der Waals surface area contributed by atoms with Crippen molar-refractivity contribution in [2.45, 2.75) is 31.8 Å². The zero-order valence-electron chi connectivity index (χ0n) is 9.53. The lowest BCUT2D eigenvalue weighted by molar-refractivity contribution is 0.145. The predicted molar refractivity (Wildman–Crippen MR) is 63.5 cm³/mol. The largest absolute Gasteiger partial charge is 0.329 e. The zero-order chi connectivity index (χ0) is 11.4. The van der Waals surface area contributed by atoms with Crippen LogP contribution in [0.3, 0.4) is 0 Å². The molecule has 2 nitrogen and oxygen atoms in total. The van der Waals surface area contributed by atoms with Crippen molar-refractivity contribution in [1.82, 2.24) is 4.90 Å². The smallest absolute Gasteiger partial charge is 0.123 e. The Morgan fingerprint density at radius 3 is 2.69 bits per heavy atom. The number of benzene rings is 1. The molecule has 0 aliphatic carbocycles. The average molecular weight is 222 g/mol. The van der Waals surface area contributed by atoms with Gasteiger partial charge in [0.1, 0.15) is 5.82 Å². The minimum atomic E-state index is -0.169. The summed E-state index contributed by atoms with van der Waals surface area (Å²) >= 11 is 0. The van der Waals surface area contributed by atoms with E-state index in [-0.39, 0.29) is 5.82 Å². The van der Waals surface area contributed by atoms with E-state index in [1.165, 1.54) is 37.0 Å². The van der Waals surface area contributed by atoms with Crippen LogP contribution in [-0.4, -0.2) is 24.0 Å². The van der Waals surface area contributed by atoms with E-state index >= 15 is 0 Å². The molecule has 0 saturated carbocycles. The van der Waals surface area contributed by atoms with Gasteiger partial charge in [0.15, 0.2) is 0 Å². The molecule has 1 atom stereocenters. The van der Waals surface area contributed by atoms with E-state index in [9.17, 15) is 4.39 Å². The van der Waals surface area contributed by atoms with Crippen LogP contribution in [0.1, 0.15) is 24.8 Å². The van der Waals surface area contributed by atoms with Crippen molar-refractivity contribution < 1.29 is 4.39 Å². The second kappa shape index (κ2) is 5.41. The second-order valence-corrected chi connectivity index (χ2v) is 4.48. The summed E-state index contributed by atoms with van der Waals surface area (Å²) in [6.45, 7) is 2.72. The quantitative estimate of drug-likeness (QED) is 0.849. The molecule has 88 valence electrons. The highest BCUT2D eigenvalue weighted by molar-refractivity contribution is 5.16. The lowest BCUT2D eigenvalue weighted by Crippen LogP contribution is -2.43. The van der Waals surface area contributed by atoms with Crippen LogP contribution in [0, 0.1) is 5.82 Å². The molecule has 16 heavy (non-hydrogen) atoms. The average Bonchev–Trinajstić information content (AvgIpc) is 2.33. The fourth-order valence-corrected chi connectivity index (χ4v) is 2.36. The number of halogens is 1. The summed E-state index contributed by atoms with van der Waals surface area (Å²) in [5.74, 6) is -0.169. The summed E-state index contributed by atoms with van der Waals surface area (Å²) in [6.07, 6.45) is 3.72. The van der Waals surface area contributed by atoms with Crippen molar-refractivity contribution in [3.8, 4) is 0 Å². The molecular formula is C13H19FN2. The van der Waals surface area contributed by atoms with Crippen LogP contribution in [0.15, 0.2) is 24.3 Å². The van der Waals surface area contributed by atoms with Crippen molar-refractivity contribution >= 4 is 0 Å². The third-order valence-electron chi connectivity index (χ3n) is 3.32. The van der Waals surface area contributed by atoms with Crippen LogP contribution in [0.25, 0.3) is 0 Å². The molecule has 1 aliphatic rings. The molecule has 1 heterocycles. The van der Waals surface area contributed by atoms with Gasteiger partial charge in [0.25, 0.3) is 0 Å². The van der Waals surface area contributed by atoms with Gasteiger partial charge in [0.2, 0.25) is 0 Å². The van der Waals surface area contributed by atoms with E-state index in [1.54, 1.807) is 0 Å².